The molecule has 7 nitrogen and oxygen atoms in total. The molecule has 0 radical (unpaired) electrons. The van der Waals surface area contributed by atoms with Gasteiger partial charge in [-0.05, 0) is 25.7 Å². The van der Waals surface area contributed by atoms with E-state index < -0.39 is 18.2 Å². The number of hydrogen-bond donors (Lipinski definition) is 4. The van der Waals surface area contributed by atoms with Crippen LogP contribution in [0.4, 0.5) is 10.5 Å². The number of amides is 2. The van der Waals surface area contributed by atoms with E-state index in [9.17, 15) is 9.90 Å². The summed E-state index contributed by atoms with van der Waals surface area (Å²) in [5.41, 5.74) is 1.78. The van der Waals surface area contributed by atoms with Crippen LogP contribution in [0.25, 0.3) is 0 Å². The Balaban J connectivity index is 2.06. The molecule has 124 valence electrons. The van der Waals surface area contributed by atoms with E-state index in [0.717, 1.165) is 25.1 Å². The summed E-state index contributed by atoms with van der Waals surface area (Å²) in [6.07, 6.45) is 3.09. The summed E-state index contributed by atoms with van der Waals surface area (Å²) in [5.74, 6) is 0.940. The van der Waals surface area contributed by atoms with Crippen molar-refractivity contribution in [3.05, 3.63) is 11.9 Å². The number of rotatable bonds is 7. The molecule has 1 heterocycles. The highest BCUT2D eigenvalue weighted by molar-refractivity contribution is 5.90. The van der Waals surface area contributed by atoms with E-state index in [1.54, 1.807) is 6.20 Å². The molecule has 2 amide bonds. The van der Waals surface area contributed by atoms with Gasteiger partial charge in [0, 0.05) is 12.5 Å². The van der Waals surface area contributed by atoms with Crippen LogP contribution in [0.2, 0.25) is 0 Å². The quantitative estimate of drug-likeness (QED) is 0.609. The largest absolute Gasteiger partial charge is 0.394 e. The Labute approximate surface area is 130 Å². The van der Waals surface area contributed by atoms with E-state index in [1.165, 1.54) is 6.92 Å². The standard InChI is InChI=1S/C15H26N4O3/c1-9(2)7-19-14(11-4-5-11)12(6-16-19)17-15(22)18-13(8-20)10(3)21/h6,9-11,13,20-21H,4-5,7-8H2,1-3H3,(H2,17,18,22)/t10-,13-/m1/s1. The van der Waals surface area contributed by atoms with Gasteiger partial charge in [-0.15, -0.1) is 0 Å². The Morgan fingerprint density at radius 2 is 2.14 bits per heavy atom. The molecule has 1 aliphatic rings. The summed E-state index contributed by atoms with van der Waals surface area (Å²) in [6.45, 7) is 6.30. The third kappa shape index (κ3) is 4.20. The number of urea groups is 1. The summed E-state index contributed by atoms with van der Waals surface area (Å²) in [7, 11) is 0. The highest BCUT2D eigenvalue weighted by atomic mass is 16.3. The van der Waals surface area contributed by atoms with Crippen molar-refractivity contribution in [2.45, 2.75) is 58.2 Å². The lowest BCUT2D eigenvalue weighted by atomic mass is 10.2. The van der Waals surface area contributed by atoms with E-state index in [1.807, 2.05) is 4.68 Å². The molecule has 1 aliphatic carbocycles. The van der Waals surface area contributed by atoms with Crippen LogP contribution >= 0.6 is 0 Å². The van der Waals surface area contributed by atoms with Crippen molar-refractivity contribution in [2.75, 3.05) is 11.9 Å². The number of aliphatic hydroxyl groups is 2. The first-order chi connectivity index (χ1) is 10.4. The number of hydrogen-bond acceptors (Lipinski definition) is 4. The van der Waals surface area contributed by atoms with Gasteiger partial charge in [0.15, 0.2) is 0 Å². The monoisotopic (exact) mass is 310 g/mol. The van der Waals surface area contributed by atoms with Crippen molar-refractivity contribution in [3.63, 3.8) is 0 Å². The second-order valence-electron chi connectivity index (χ2n) is 6.42. The van der Waals surface area contributed by atoms with Crippen molar-refractivity contribution in [2.24, 2.45) is 5.92 Å². The Bertz CT molecular complexity index is 509. The maximum absolute atomic E-state index is 12.0. The third-order valence-electron chi connectivity index (χ3n) is 3.73. The number of nitrogens with one attached hydrogen (secondary N) is 2. The zero-order valence-corrected chi connectivity index (χ0v) is 13.4. The average molecular weight is 310 g/mol. The van der Waals surface area contributed by atoms with Gasteiger partial charge >= 0.3 is 6.03 Å². The Kier molecular flexibility index (Phi) is 5.42. The predicted octanol–water partition coefficient (Wildman–Crippen LogP) is 1.28. The van der Waals surface area contributed by atoms with Crippen molar-refractivity contribution in [1.82, 2.24) is 15.1 Å². The van der Waals surface area contributed by atoms with E-state index in [0.29, 0.717) is 17.5 Å². The Morgan fingerprint density at radius 3 is 2.64 bits per heavy atom. The van der Waals surface area contributed by atoms with Crippen LogP contribution in [0.15, 0.2) is 6.20 Å². The maximum atomic E-state index is 12.0. The van der Waals surface area contributed by atoms with E-state index in [2.05, 4.69) is 29.6 Å². The summed E-state index contributed by atoms with van der Waals surface area (Å²) in [6, 6.07) is -1.12. The van der Waals surface area contributed by atoms with Crippen molar-refractivity contribution in [3.8, 4) is 0 Å². The van der Waals surface area contributed by atoms with Crippen molar-refractivity contribution in [1.29, 1.82) is 0 Å². The van der Waals surface area contributed by atoms with Gasteiger partial charge in [-0.3, -0.25) is 4.68 Å². The molecular weight excluding hydrogens is 284 g/mol. The SMILES string of the molecule is CC(C)Cn1ncc(NC(=O)N[C@H](CO)[C@@H](C)O)c1C1CC1. The van der Waals surface area contributed by atoms with Gasteiger partial charge in [-0.1, -0.05) is 13.8 Å². The maximum Gasteiger partial charge on any atom is 0.319 e. The summed E-state index contributed by atoms with van der Waals surface area (Å²) < 4.78 is 1.97. The molecule has 7 heteroatoms. The minimum atomic E-state index is -0.817. The lowest BCUT2D eigenvalue weighted by molar-refractivity contribution is 0.108. The summed E-state index contributed by atoms with van der Waals surface area (Å²) in [5, 5.41) is 28.3. The van der Waals surface area contributed by atoms with Crippen LogP contribution in [0, 0.1) is 5.92 Å². The van der Waals surface area contributed by atoms with Gasteiger partial charge in [0.05, 0.1) is 36.3 Å². The van der Waals surface area contributed by atoms with Crippen LogP contribution in [0.5, 0.6) is 0 Å². The topological polar surface area (TPSA) is 99.4 Å². The molecule has 0 saturated heterocycles. The molecule has 2 atom stereocenters. The number of carbonyl (C=O) groups excluding carboxylic acids is 1. The fourth-order valence-electron chi connectivity index (χ4n) is 2.42. The Morgan fingerprint density at radius 1 is 1.45 bits per heavy atom. The highest BCUT2D eigenvalue weighted by Gasteiger charge is 2.31. The normalized spacial score (nSPS) is 17.4. The number of nitrogens with zero attached hydrogens (tertiary/aromatic N) is 2. The molecule has 1 saturated carbocycles. The van der Waals surface area contributed by atoms with Gasteiger partial charge in [0.2, 0.25) is 0 Å². The van der Waals surface area contributed by atoms with Gasteiger partial charge < -0.3 is 20.8 Å². The Hall–Kier alpha value is -1.60. The number of carbonyl (C=O) groups is 1. The molecule has 0 aliphatic heterocycles. The van der Waals surface area contributed by atoms with Crippen molar-refractivity contribution >= 4 is 11.7 Å². The van der Waals surface area contributed by atoms with Crippen molar-refractivity contribution < 1.29 is 15.0 Å². The minimum Gasteiger partial charge on any atom is -0.394 e. The number of aliphatic hydroxyl groups excluding tert-OH is 2. The van der Waals surface area contributed by atoms with Gasteiger partial charge in [0.1, 0.15) is 0 Å². The molecule has 4 N–H and O–H groups in total. The fourth-order valence-corrected chi connectivity index (χ4v) is 2.42. The molecule has 0 bridgehead atoms. The molecular formula is C15H26N4O3. The summed E-state index contributed by atoms with van der Waals surface area (Å²) >= 11 is 0. The van der Waals surface area contributed by atoms with Gasteiger partial charge in [0.25, 0.3) is 0 Å². The van der Waals surface area contributed by atoms with Gasteiger partial charge in [-0.2, -0.15) is 5.10 Å². The first kappa shape index (κ1) is 16.8. The van der Waals surface area contributed by atoms with Gasteiger partial charge in [-0.25, -0.2) is 4.79 Å². The molecule has 0 aromatic carbocycles. The summed E-state index contributed by atoms with van der Waals surface area (Å²) in [4.78, 5) is 12.0. The zero-order chi connectivity index (χ0) is 16.3. The second-order valence-corrected chi connectivity index (χ2v) is 6.42. The molecule has 2 rings (SSSR count). The van der Waals surface area contributed by atoms with Crippen LogP contribution in [0.1, 0.15) is 45.2 Å². The van der Waals surface area contributed by atoms with Crippen LogP contribution < -0.4 is 10.6 Å². The van der Waals surface area contributed by atoms with E-state index in [4.69, 9.17) is 5.11 Å². The fraction of sp³-hybridized carbons (Fsp3) is 0.733. The van der Waals surface area contributed by atoms with E-state index >= 15 is 0 Å². The predicted molar refractivity (Wildman–Crippen MR) is 83.7 cm³/mol. The molecule has 0 spiro atoms. The number of aromatic nitrogens is 2. The minimum absolute atomic E-state index is 0.312. The zero-order valence-electron chi connectivity index (χ0n) is 13.4. The molecule has 1 fully saturated rings. The second kappa shape index (κ2) is 7.11. The van der Waals surface area contributed by atoms with E-state index in [-0.39, 0.29) is 6.61 Å². The lowest BCUT2D eigenvalue weighted by Crippen LogP contribution is -2.46. The first-order valence-corrected chi connectivity index (χ1v) is 7.84. The molecule has 0 unspecified atom stereocenters. The molecule has 1 aromatic heterocycles. The molecule has 1 aromatic rings. The number of anilines is 1. The van der Waals surface area contributed by atoms with Crippen LogP contribution in [0.3, 0.4) is 0 Å². The molecule has 22 heavy (non-hydrogen) atoms. The highest BCUT2D eigenvalue weighted by Crippen LogP contribution is 2.43. The van der Waals surface area contributed by atoms with Crippen LogP contribution in [-0.2, 0) is 6.54 Å². The van der Waals surface area contributed by atoms with Crippen LogP contribution in [-0.4, -0.2) is 44.8 Å². The third-order valence-corrected chi connectivity index (χ3v) is 3.73. The first-order valence-electron chi connectivity index (χ1n) is 7.84. The lowest BCUT2D eigenvalue weighted by Gasteiger charge is -2.19. The smallest absolute Gasteiger partial charge is 0.319 e. The average Bonchev–Trinajstić information content (AvgIpc) is 3.19.